The molecule has 0 unspecified atom stereocenters. The number of nitro benzene ring substituents is 1. The van der Waals surface area contributed by atoms with Crippen molar-refractivity contribution in [2.24, 2.45) is 22.4 Å². The molecule has 0 saturated carbocycles. The summed E-state index contributed by atoms with van der Waals surface area (Å²) in [6, 6.07) is 9.64. The van der Waals surface area contributed by atoms with Gasteiger partial charge in [0.25, 0.3) is 11.6 Å². The highest BCUT2D eigenvalue weighted by Gasteiger charge is 2.29. The molecule has 2 aromatic rings. The lowest BCUT2D eigenvalue weighted by molar-refractivity contribution is -0.384. The highest BCUT2D eigenvalue weighted by atomic mass is 16.6. The van der Waals surface area contributed by atoms with Crippen molar-refractivity contribution >= 4 is 52.8 Å². The maximum Gasteiger partial charge on any atom is 0.303 e. The molecule has 0 spiro atoms. The topological polar surface area (TPSA) is 290 Å². The molecule has 10 N–H and O–H groups in total. The van der Waals surface area contributed by atoms with Crippen LogP contribution in [0.25, 0.3) is 0 Å². The van der Waals surface area contributed by atoms with Gasteiger partial charge in [-0.15, -0.1) is 0 Å². The van der Waals surface area contributed by atoms with Crippen LogP contribution in [-0.4, -0.2) is 82.7 Å². The summed E-state index contributed by atoms with van der Waals surface area (Å²) in [5.74, 6) is -4.99. The van der Waals surface area contributed by atoms with Crippen LogP contribution in [0.2, 0.25) is 0 Å². The second-order valence-corrected chi connectivity index (χ2v) is 11.6. The van der Waals surface area contributed by atoms with Gasteiger partial charge in [0.05, 0.1) is 11.5 Å². The van der Waals surface area contributed by atoms with E-state index in [0.717, 1.165) is 0 Å². The molecule has 18 heteroatoms. The molecule has 0 aliphatic rings. The van der Waals surface area contributed by atoms with Gasteiger partial charge in [0, 0.05) is 36.3 Å². The minimum absolute atomic E-state index is 0.0400. The Balaban J connectivity index is 2.11. The van der Waals surface area contributed by atoms with Crippen LogP contribution in [0.4, 0.5) is 11.4 Å². The second-order valence-electron chi connectivity index (χ2n) is 11.6. The van der Waals surface area contributed by atoms with Crippen LogP contribution < -0.4 is 38.1 Å². The number of nitrogens with one attached hydrogen (secondary N) is 5. The average Bonchev–Trinajstić information content (AvgIpc) is 3.06. The molecule has 2 aromatic carbocycles. The van der Waals surface area contributed by atoms with Gasteiger partial charge in [-0.2, -0.15) is 0 Å². The van der Waals surface area contributed by atoms with Gasteiger partial charge in [0.1, 0.15) is 18.1 Å². The number of anilines is 1. The first-order valence-corrected chi connectivity index (χ1v) is 15.7. The van der Waals surface area contributed by atoms with Crippen LogP contribution in [-0.2, 0) is 24.0 Å². The van der Waals surface area contributed by atoms with Gasteiger partial charge < -0.3 is 43.2 Å². The van der Waals surface area contributed by atoms with Gasteiger partial charge in [0.15, 0.2) is 5.96 Å². The molecule has 270 valence electrons. The molecule has 0 radical (unpaired) electrons. The zero-order chi connectivity index (χ0) is 37.2. The van der Waals surface area contributed by atoms with E-state index in [-0.39, 0.29) is 55.5 Å². The smallest absolute Gasteiger partial charge is 0.303 e. The molecule has 5 amide bonds. The summed E-state index contributed by atoms with van der Waals surface area (Å²) in [5.41, 5.74) is 11.0. The van der Waals surface area contributed by atoms with Crippen molar-refractivity contribution in [3.05, 3.63) is 70.3 Å². The van der Waals surface area contributed by atoms with Crippen LogP contribution >= 0.6 is 0 Å². The number of aliphatic carboxylic acids is 1. The van der Waals surface area contributed by atoms with Gasteiger partial charge in [-0.25, -0.2) is 0 Å². The zero-order valence-corrected chi connectivity index (χ0v) is 27.7. The van der Waals surface area contributed by atoms with Crippen molar-refractivity contribution in [3.63, 3.8) is 0 Å². The highest BCUT2D eigenvalue weighted by molar-refractivity contribution is 5.99. The van der Waals surface area contributed by atoms with Gasteiger partial charge in [-0.1, -0.05) is 32.0 Å². The summed E-state index contributed by atoms with van der Waals surface area (Å²) >= 11 is 0. The molecular formula is C32H43N9O9. The first-order valence-electron chi connectivity index (χ1n) is 15.7. The van der Waals surface area contributed by atoms with Crippen LogP contribution in [0.15, 0.2) is 59.6 Å². The van der Waals surface area contributed by atoms with Gasteiger partial charge in [0.2, 0.25) is 23.6 Å². The number of nitro groups is 1. The summed E-state index contributed by atoms with van der Waals surface area (Å²) in [6.07, 6.45) is -0.257. The van der Waals surface area contributed by atoms with Crippen molar-refractivity contribution in [3.8, 4) is 0 Å². The average molecular weight is 698 g/mol. The van der Waals surface area contributed by atoms with Crippen molar-refractivity contribution in [2.75, 3.05) is 18.4 Å². The van der Waals surface area contributed by atoms with E-state index >= 15 is 0 Å². The molecule has 0 aliphatic heterocycles. The first kappa shape index (κ1) is 40.1. The molecule has 0 heterocycles. The SMILES string of the molecule is CC(C)C[C@H](NC(=O)c1ccccc1)C(=O)N[C@@H](CCC(=O)O)C(=O)NCC(=O)N[C@@H](CCCN=C(N)N)C(=O)Nc1ccc([N+](=O)[O-])cc1. The van der Waals surface area contributed by atoms with Crippen molar-refractivity contribution in [1.29, 1.82) is 0 Å². The predicted octanol–water partition coefficient (Wildman–Crippen LogP) is 0.382. The molecule has 0 saturated heterocycles. The van der Waals surface area contributed by atoms with E-state index < -0.39 is 71.5 Å². The Kier molecular flexibility index (Phi) is 16.3. The number of guanidine groups is 1. The number of aliphatic imine (C=N–C) groups is 1. The van der Waals surface area contributed by atoms with Crippen molar-refractivity contribution in [2.45, 2.75) is 64.1 Å². The Morgan fingerprint density at radius 1 is 0.840 bits per heavy atom. The number of hydrogen-bond acceptors (Lipinski definition) is 9. The number of amides is 5. The molecule has 50 heavy (non-hydrogen) atoms. The fourth-order valence-corrected chi connectivity index (χ4v) is 4.55. The summed E-state index contributed by atoms with van der Waals surface area (Å²) in [5, 5.41) is 32.7. The van der Waals surface area contributed by atoms with E-state index in [1.165, 1.54) is 24.3 Å². The maximum absolute atomic E-state index is 13.3. The normalized spacial score (nSPS) is 12.4. The third-order valence-electron chi connectivity index (χ3n) is 7.01. The fourth-order valence-electron chi connectivity index (χ4n) is 4.55. The number of non-ortho nitro benzene ring substituents is 1. The number of carbonyl (C=O) groups excluding carboxylic acids is 5. The van der Waals surface area contributed by atoms with E-state index in [0.29, 0.717) is 5.56 Å². The lowest BCUT2D eigenvalue weighted by atomic mass is 10.0. The molecular weight excluding hydrogens is 654 g/mol. The summed E-state index contributed by atoms with van der Waals surface area (Å²) in [6.45, 7) is 3.17. The monoisotopic (exact) mass is 697 g/mol. The second kappa shape index (κ2) is 20.3. The number of nitrogens with two attached hydrogens (primary N) is 2. The molecule has 0 aromatic heterocycles. The van der Waals surface area contributed by atoms with Crippen LogP contribution in [0, 0.1) is 16.0 Å². The fraction of sp³-hybridized carbons (Fsp3) is 0.406. The number of nitrogens with zero attached hydrogens (tertiary/aromatic N) is 2. The highest BCUT2D eigenvalue weighted by Crippen LogP contribution is 2.16. The van der Waals surface area contributed by atoms with Crippen LogP contribution in [0.5, 0.6) is 0 Å². The molecule has 3 atom stereocenters. The Morgan fingerprint density at radius 2 is 1.48 bits per heavy atom. The standard InChI is InChI=1S/C32H43N9O9/c1-19(2)17-25(40-28(45)20-7-4-3-5-8-20)31(48)39-24(14-15-27(43)44)29(46)36-18-26(42)38-23(9-6-16-35-32(33)34)30(47)37-21-10-12-22(13-11-21)41(49)50/h3-5,7-8,10-13,19,23-25H,6,9,14-18H2,1-2H3,(H,36,46)(H,37,47)(H,38,42)(H,39,48)(H,40,45)(H,43,44)(H4,33,34,35)/t23-,24-,25-/m0/s1. The largest absolute Gasteiger partial charge is 0.481 e. The maximum atomic E-state index is 13.3. The number of carbonyl (C=O) groups is 6. The number of benzene rings is 2. The first-order chi connectivity index (χ1) is 23.7. The summed E-state index contributed by atoms with van der Waals surface area (Å²) in [4.78, 5) is 90.7. The quantitative estimate of drug-likeness (QED) is 0.0308. The Bertz CT molecular complexity index is 1530. The van der Waals surface area contributed by atoms with Crippen LogP contribution in [0.1, 0.15) is 56.3 Å². The lowest BCUT2D eigenvalue weighted by Crippen LogP contribution is -2.55. The van der Waals surface area contributed by atoms with E-state index in [1.54, 1.807) is 30.3 Å². The Morgan fingerprint density at radius 3 is 2.06 bits per heavy atom. The van der Waals surface area contributed by atoms with Crippen LogP contribution in [0.3, 0.4) is 0 Å². The van der Waals surface area contributed by atoms with E-state index in [4.69, 9.17) is 11.5 Å². The number of carboxylic acids is 1. The molecule has 2 rings (SSSR count). The Labute approximate surface area is 288 Å². The zero-order valence-electron chi connectivity index (χ0n) is 27.7. The Hall–Kier alpha value is -6.07. The minimum atomic E-state index is -1.38. The van der Waals surface area contributed by atoms with E-state index in [9.17, 15) is 44.0 Å². The molecule has 0 aliphatic carbocycles. The minimum Gasteiger partial charge on any atom is -0.481 e. The third kappa shape index (κ3) is 14.8. The summed E-state index contributed by atoms with van der Waals surface area (Å²) < 4.78 is 0. The number of rotatable bonds is 20. The third-order valence-corrected chi connectivity index (χ3v) is 7.01. The summed E-state index contributed by atoms with van der Waals surface area (Å²) in [7, 11) is 0. The number of carboxylic acid groups (broad SMARTS) is 1. The molecule has 0 fully saturated rings. The van der Waals surface area contributed by atoms with Gasteiger partial charge in [-0.3, -0.25) is 43.9 Å². The predicted molar refractivity (Wildman–Crippen MR) is 183 cm³/mol. The van der Waals surface area contributed by atoms with Crippen molar-refractivity contribution < 1.29 is 38.8 Å². The van der Waals surface area contributed by atoms with E-state index in [2.05, 4.69) is 31.6 Å². The molecule has 18 nitrogen and oxygen atoms in total. The van der Waals surface area contributed by atoms with Gasteiger partial charge in [-0.05, 0) is 55.9 Å². The lowest BCUT2D eigenvalue weighted by Gasteiger charge is -2.24. The van der Waals surface area contributed by atoms with Crippen molar-refractivity contribution in [1.82, 2.24) is 21.3 Å². The van der Waals surface area contributed by atoms with Gasteiger partial charge >= 0.3 is 5.97 Å². The van der Waals surface area contributed by atoms with E-state index in [1.807, 2.05) is 13.8 Å². The molecule has 0 bridgehead atoms. The number of hydrogen-bond donors (Lipinski definition) is 8.